The third-order valence-electron chi connectivity index (χ3n) is 5.04. The van der Waals surface area contributed by atoms with E-state index in [0.717, 1.165) is 17.7 Å². The molecule has 34 heavy (non-hydrogen) atoms. The van der Waals surface area contributed by atoms with Crippen molar-refractivity contribution in [3.8, 4) is 11.6 Å². The number of aromatic nitrogens is 5. The van der Waals surface area contributed by atoms with Crippen molar-refractivity contribution in [1.82, 2.24) is 29.7 Å². The zero-order valence-corrected chi connectivity index (χ0v) is 18.4. The molecule has 0 spiro atoms. The largest absolute Gasteiger partial charge is 0.573 e. The number of fused-ring (bicyclic) bond motifs is 1. The fourth-order valence-corrected chi connectivity index (χ4v) is 3.52. The second-order valence-corrected chi connectivity index (χ2v) is 8.20. The Morgan fingerprint density at radius 1 is 1.18 bits per heavy atom. The van der Waals surface area contributed by atoms with Crippen LogP contribution < -0.4 is 10.1 Å². The predicted molar refractivity (Wildman–Crippen MR) is 114 cm³/mol. The molecule has 3 aromatic heterocycles. The molecule has 0 fully saturated rings. The highest BCUT2D eigenvalue weighted by molar-refractivity contribution is 6.00. The summed E-state index contributed by atoms with van der Waals surface area (Å²) in [6.45, 7) is 4.79. The maximum absolute atomic E-state index is 13.2. The minimum absolute atomic E-state index is 0.152. The molecule has 178 valence electrons. The molecule has 4 aromatic rings. The van der Waals surface area contributed by atoms with Gasteiger partial charge in [0.25, 0.3) is 5.91 Å². The van der Waals surface area contributed by atoms with Crippen LogP contribution in [0.2, 0.25) is 0 Å². The lowest BCUT2D eigenvalue weighted by Gasteiger charge is -2.30. The number of alkyl halides is 3. The first-order valence-corrected chi connectivity index (χ1v) is 10.2. The third kappa shape index (κ3) is 4.86. The second kappa shape index (κ2) is 8.45. The Morgan fingerprint density at radius 2 is 1.88 bits per heavy atom. The summed E-state index contributed by atoms with van der Waals surface area (Å²) >= 11 is 0. The zero-order valence-electron chi connectivity index (χ0n) is 18.4. The van der Waals surface area contributed by atoms with Crippen LogP contribution in [0.3, 0.4) is 0 Å². The van der Waals surface area contributed by atoms with Gasteiger partial charge in [0.05, 0.1) is 17.8 Å². The van der Waals surface area contributed by atoms with E-state index in [0.29, 0.717) is 11.4 Å². The van der Waals surface area contributed by atoms with Gasteiger partial charge < -0.3 is 15.2 Å². The summed E-state index contributed by atoms with van der Waals surface area (Å²) in [6, 6.07) is 5.71. The van der Waals surface area contributed by atoms with E-state index in [1.165, 1.54) is 36.7 Å². The van der Waals surface area contributed by atoms with E-state index < -0.39 is 29.7 Å². The molecule has 2 N–H and O–H groups in total. The van der Waals surface area contributed by atoms with Crippen molar-refractivity contribution in [3.05, 3.63) is 71.8 Å². The first-order valence-electron chi connectivity index (χ1n) is 10.2. The standard InChI is InChI=1S/C22H21F3N6O3/c1-13-12-31-19(29-18(13)30-10-4-9-26-30)16(11-27-31)20(32)28-17(21(2,3)33)14-5-7-15(8-6-14)34-22(23,24)25/h4-12,17,33H,1-3H3,(H,28,32)/t17-/m0/s1. The summed E-state index contributed by atoms with van der Waals surface area (Å²) in [5.74, 6) is -0.461. The number of aliphatic hydroxyl groups is 1. The molecule has 4 rings (SSSR count). The number of benzene rings is 1. The molecule has 1 atom stereocenters. The van der Waals surface area contributed by atoms with E-state index in [-0.39, 0.29) is 11.2 Å². The van der Waals surface area contributed by atoms with Gasteiger partial charge in [-0.15, -0.1) is 13.2 Å². The summed E-state index contributed by atoms with van der Waals surface area (Å²) in [6.07, 6.45) is 1.57. The molecule has 1 aromatic carbocycles. The monoisotopic (exact) mass is 474 g/mol. The van der Waals surface area contributed by atoms with Gasteiger partial charge in [-0.2, -0.15) is 10.2 Å². The number of hydrogen-bond donors (Lipinski definition) is 2. The number of amides is 1. The van der Waals surface area contributed by atoms with Crippen molar-refractivity contribution in [2.75, 3.05) is 0 Å². The molecule has 0 aliphatic rings. The number of ether oxygens (including phenoxy) is 1. The lowest BCUT2D eigenvalue weighted by atomic mass is 9.91. The number of nitrogens with one attached hydrogen (secondary N) is 1. The van der Waals surface area contributed by atoms with E-state index in [1.807, 2.05) is 6.92 Å². The zero-order chi connectivity index (χ0) is 24.7. The fraction of sp³-hybridized carbons (Fsp3) is 0.273. The van der Waals surface area contributed by atoms with Gasteiger partial charge in [-0.3, -0.25) is 4.79 Å². The van der Waals surface area contributed by atoms with Crippen LogP contribution in [0.4, 0.5) is 13.2 Å². The van der Waals surface area contributed by atoms with Crippen LogP contribution >= 0.6 is 0 Å². The Labute approximate surface area is 191 Å². The number of aryl methyl sites for hydroxylation is 1. The Kier molecular flexibility index (Phi) is 5.77. The van der Waals surface area contributed by atoms with Crippen LogP contribution in [0, 0.1) is 6.92 Å². The highest BCUT2D eigenvalue weighted by Gasteiger charge is 2.33. The molecule has 0 unspecified atom stereocenters. The van der Waals surface area contributed by atoms with Crippen molar-refractivity contribution < 1.29 is 27.8 Å². The van der Waals surface area contributed by atoms with E-state index in [4.69, 9.17) is 0 Å². The highest BCUT2D eigenvalue weighted by Crippen LogP contribution is 2.29. The van der Waals surface area contributed by atoms with Crippen LogP contribution in [0.15, 0.2) is 55.1 Å². The first kappa shape index (κ1) is 23.2. The van der Waals surface area contributed by atoms with Crippen LogP contribution in [0.25, 0.3) is 11.5 Å². The fourth-order valence-electron chi connectivity index (χ4n) is 3.52. The van der Waals surface area contributed by atoms with Gasteiger partial charge in [0, 0.05) is 24.2 Å². The molecular weight excluding hydrogens is 453 g/mol. The molecule has 0 radical (unpaired) electrons. The maximum atomic E-state index is 13.2. The van der Waals surface area contributed by atoms with Crippen molar-refractivity contribution in [2.24, 2.45) is 0 Å². The molecule has 3 heterocycles. The van der Waals surface area contributed by atoms with Crippen molar-refractivity contribution in [3.63, 3.8) is 0 Å². The summed E-state index contributed by atoms with van der Waals surface area (Å²) in [4.78, 5) is 17.7. The van der Waals surface area contributed by atoms with E-state index >= 15 is 0 Å². The van der Waals surface area contributed by atoms with Gasteiger partial charge in [0.1, 0.15) is 11.3 Å². The summed E-state index contributed by atoms with van der Waals surface area (Å²) in [7, 11) is 0. The van der Waals surface area contributed by atoms with Gasteiger partial charge in [-0.05, 0) is 44.5 Å². The van der Waals surface area contributed by atoms with Crippen molar-refractivity contribution in [1.29, 1.82) is 0 Å². The molecule has 0 aliphatic carbocycles. The van der Waals surface area contributed by atoms with Gasteiger partial charge in [0.15, 0.2) is 11.5 Å². The van der Waals surface area contributed by atoms with Crippen LogP contribution in [-0.2, 0) is 0 Å². The number of rotatable bonds is 6. The molecule has 0 saturated carbocycles. The minimum atomic E-state index is -4.82. The average molecular weight is 474 g/mol. The number of carbonyl (C=O) groups is 1. The Hall–Kier alpha value is -3.93. The number of carbonyl (C=O) groups excluding carboxylic acids is 1. The molecule has 12 heteroatoms. The summed E-state index contributed by atoms with van der Waals surface area (Å²) in [5.41, 5.74) is 0.140. The normalized spacial score (nSPS) is 13.1. The minimum Gasteiger partial charge on any atom is -0.406 e. The molecule has 1 amide bonds. The predicted octanol–water partition coefficient (Wildman–Crippen LogP) is 3.36. The lowest BCUT2D eigenvalue weighted by molar-refractivity contribution is -0.274. The van der Waals surface area contributed by atoms with Crippen LogP contribution in [-0.4, -0.2) is 47.4 Å². The summed E-state index contributed by atoms with van der Waals surface area (Å²) < 4.78 is 44.3. The number of hydrogen-bond acceptors (Lipinski definition) is 6. The van der Waals surface area contributed by atoms with Crippen LogP contribution in [0.5, 0.6) is 5.75 Å². The Bertz CT molecular complexity index is 1310. The molecule has 0 saturated heterocycles. The van der Waals surface area contributed by atoms with Gasteiger partial charge >= 0.3 is 6.36 Å². The maximum Gasteiger partial charge on any atom is 0.573 e. The summed E-state index contributed by atoms with van der Waals surface area (Å²) in [5, 5.41) is 21.8. The topological polar surface area (TPSA) is 107 Å². The van der Waals surface area contributed by atoms with Gasteiger partial charge in [-0.1, -0.05) is 12.1 Å². The Morgan fingerprint density at radius 3 is 2.47 bits per heavy atom. The smallest absolute Gasteiger partial charge is 0.406 e. The van der Waals surface area contributed by atoms with Gasteiger partial charge in [0.2, 0.25) is 0 Å². The molecule has 9 nitrogen and oxygen atoms in total. The third-order valence-corrected chi connectivity index (χ3v) is 5.04. The van der Waals surface area contributed by atoms with Crippen molar-refractivity contribution in [2.45, 2.75) is 38.8 Å². The molecule has 0 aliphatic heterocycles. The molecule has 0 bridgehead atoms. The highest BCUT2D eigenvalue weighted by atomic mass is 19.4. The van der Waals surface area contributed by atoms with Gasteiger partial charge in [-0.25, -0.2) is 14.2 Å². The lowest BCUT2D eigenvalue weighted by Crippen LogP contribution is -2.42. The van der Waals surface area contributed by atoms with Crippen LogP contribution in [0.1, 0.15) is 41.4 Å². The second-order valence-electron chi connectivity index (χ2n) is 8.20. The number of halogens is 3. The van der Waals surface area contributed by atoms with E-state index in [9.17, 15) is 23.1 Å². The van der Waals surface area contributed by atoms with E-state index in [2.05, 4.69) is 25.2 Å². The molecular formula is C22H21F3N6O3. The van der Waals surface area contributed by atoms with Crippen molar-refractivity contribution >= 4 is 11.6 Å². The first-order chi connectivity index (χ1) is 15.9. The van der Waals surface area contributed by atoms with E-state index in [1.54, 1.807) is 29.3 Å². The Balaban J connectivity index is 1.64. The quantitative estimate of drug-likeness (QED) is 0.444. The number of nitrogens with zero attached hydrogens (tertiary/aromatic N) is 5. The SMILES string of the molecule is Cc1cn2ncc(C(=O)N[C@@H](c3ccc(OC(F)(F)F)cc3)C(C)(C)O)c2nc1-n1cccn1. The average Bonchev–Trinajstić information content (AvgIpc) is 3.39.